The molecule has 0 aromatic heterocycles. The summed E-state index contributed by atoms with van der Waals surface area (Å²) < 4.78 is 11.2. The Morgan fingerprint density at radius 3 is 2.73 bits per heavy atom. The van der Waals surface area contributed by atoms with Crippen LogP contribution in [0.25, 0.3) is 0 Å². The van der Waals surface area contributed by atoms with Crippen LogP contribution in [0.2, 0.25) is 0 Å². The van der Waals surface area contributed by atoms with E-state index in [1.165, 1.54) is 4.90 Å². The highest BCUT2D eigenvalue weighted by Crippen LogP contribution is 2.27. The first-order valence-electron chi connectivity index (χ1n) is 10.0. The summed E-state index contributed by atoms with van der Waals surface area (Å²) in [6.07, 6.45) is 1.68. The summed E-state index contributed by atoms with van der Waals surface area (Å²) in [4.78, 5) is 38.9. The third-order valence-corrected chi connectivity index (χ3v) is 5.58. The molecule has 0 spiro atoms. The SMILES string of the molecule is Cc1cccc(OCC(=O)Nc2ccc3c(c2)C(=O)N(CC2CCCO2)C3=O)c1C. The van der Waals surface area contributed by atoms with Crippen molar-refractivity contribution >= 4 is 23.4 Å². The highest BCUT2D eigenvalue weighted by atomic mass is 16.5. The molecule has 1 fully saturated rings. The second-order valence-electron chi connectivity index (χ2n) is 7.65. The third-order valence-electron chi connectivity index (χ3n) is 5.58. The molecule has 1 unspecified atom stereocenters. The number of amides is 3. The van der Waals surface area contributed by atoms with Crippen molar-refractivity contribution in [2.45, 2.75) is 32.8 Å². The molecule has 1 saturated heterocycles. The Kier molecular flexibility index (Phi) is 5.55. The Bertz CT molecular complexity index is 1010. The van der Waals surface area contributed by atoms with E-state index in [4.69, 9.17) is 9.47 Å². The highest BCUT2D eigenvalue weighted by Gasteiger charge is 2.37. The largest absolute Gasteiger partial charge is 0.483 e. The van der Waals surface area contributed by atoms with Crippen molar-refractivity contribution in [3.05, 3.63) is 58.7 Å². The van der Waals surface area contributed by atoms with E-state index in [1.807, 2.05) is 32.0 Å². The standard InChI is InChI=1S/C23H24N2O5/c1-14-5-3-7-20(15(14)2)30-13-21(26)24-16-8-9-18-19(11-16)23(28)25(22(18)27)12-17-6-4-10-29-17/h3,5,7-9,11,17H,4,6,10,12-13H2,1-2H3,(H,24,26). The quantitative estimate of drug-likeness (QED) is 0.743. The molecule has 0 aliphatic carbocycles. The average molecular weight is 408 g/mol. The van der Waals surface area contributed by atoms with Crippen molar-refractivity contribution in [3.8, 4) is 5.75 Å². The lowest BCUT2D eigenvalue weighted by atomic mass is 10.1. The maximum atomic E-state index is 12.7. The van der Waals surface area contributed by atoms with Crippen LogP contribution in [0.5, 0.6) is 5.75 Å². The van der Waals surface area contributed by atoms with Gasteiger partial charge in [-0.05, 0) is 62.1 Å². The molecule has 156 valence electrons. The molecule has 7 heteroatoms. The summed E-state index contributed by atoms with van der Waals surface area (Å²) in [5.74, 6) is -0.358. The van der Waals surface area contributed by atoms with E-state index in [-0.39, 0.29) is 37.0 Å². The molecule has 0 bridgehead atoms. The number of anilines is 1. The Labute approximate surface area is 175 Å². The van der Waals surface area contributed by atoms with E-state index < -0.39 is 0 Å². The number of rotatable bonds is 6. The van der Waals surface area contributed by atoms with Gasteiger partial charge in [0.25, 0.3) is 17.7 Å². The Balaban J connectivity index is 1.40. The number of ether oxygens (including phenoxy) is 2. The first kappa shape index (κ1) is 20.1. The number of nitrogens with one attached hydrogen (secondary N) is 1. The molecule has 2 heterocycles. The molecule has 2 aliphatic heterocycles. The Morgan fingerprint density at radius 2 is 1.97 bits per heavy atom. The number of hydrogen-bond acceptors (Lipinski definition) is 5. The van der Waals surface area contributed by atoms with Crippen LogP contribution in [0.3, 0.4) is 0 Å². The van der Waals surface area contributed by atoms with Crippen molar-refractivity contribution in [2.75, 3.05) is 25.1 Å². The van der Waals surface area contributed by atoms with Crippen LogP contribution < -0.4 is 10.1 Å². The molecular formula is C23H24N2O5. The summed E-state index contributed by atoms with van der Waals surface area (Å²) in [5, 5.41) is 2.73. The second kappa shape index (κ2) is 8.28. The van der Waals surface area contributed by atoms with Gasteiger partial charge in [0, 0.05) is 12.3 Å². The van der Waals surface area contributed by atoms with Crippen molar-refractivity contribution in [2.24, 2.45) is 0 Å². The van der Waals surface area contributed by atoms with Gasteiger partial charge in [0.05, 0.1) is 23.8 Å². The molecule has 4 rings (SSSR count). The minimum atomic E-state index is -0.353. The number of carbonyl (C=O) groups excluding carboxylic acids is 3. The molecule has 2 aromatic rings. The molecule has 1 atom stereocenters. The number of imide groups is 1. The first-order chi connectivity index (χ1) is 14.4. The van der Waals surface area contributed by atoms with Gasteiger partial charge in [0.2, 0.25) is 0 Å². The summed E-state index contributed by atoms with van der Waals surface area (Å²) in [6.45, 7) is 4.69. The van der Waals surface area contributed by atoms with Crippen molar-refractivity contribution in [3.63, 3.8) is 0 Å². The fourth-order valence-corrected chi connectivity index (χ4v) is 3.75. The van der Waals surface area contributed by atoms with Gasteiger partial charge in [-0.1, -0.05) is 12.1 Å². The second-order valence-corrected chi connectivity index (χ2v) is 7.65. The maximum absolute atomic E-state index is 12.7. The molecular weight excluding hydrogens is 384 g/mol. The molecule has 2 aliphatic rings. The Morgan fingerprint density at radius 1 is 1.17 bits per heavy atom. The summed E-state index contributed by atoms with van der Waals surface area (Å²) >= 11 is 0. The number of benzene rings is 2. The molecule has 0 radical (unpaired) electrons. The predicted octanol–water partition coefficient (Wildman–Crippen LogP) is 3.10. The van der Waals surface area contributed by atoms with Crippen LogP contribution in [0.15, 0.2) is 36.4 Å². The van der Waals surface area contributed by atoms with Gasteiger partial charge >= 0.3 is 0 Å². The third kappa shape index (κ3) is 3.93. The predicted molar refractivity (Wildman–Crippen MR) is 111 cm³/mol. The van der Waals surface area contributed by atoms with E-state index in [0.29, 0.717) is 29.2 Å². The molecule has 3 amide bonds. The topological polar surface area (TPSA) is 84.9 Å². The summed E-state index contributed by atoms with van der Waals surface area (Å²) in [6, 6.07) is 10.4. The van der Waals surface area contributed by atoms with Crippen LogP contribution in [-0.2, 0) is 9.53 Å². The van der Waals surface area contributed by atoms with E-state index in [1.54, 1.807) is 18.2 Å². The molecule has 2 aromatic carbocycles. The normalized spacial score (nSPS) is 17.9. The fourth-order valence-electron chi connectivity index (χ4n) is 3.75. The van der Waals surface area contributed by atoms with Crippen molar-refractivity contribution < 1.29 is 23.9 Å². The molecule has 7 nitrogen and oxygen atoms in total. The zero-order valence-electron chi connectivity index (χ0n) is 17.1. The minimum Gasteiger partial charge on any atom is -0.483 e. The Hall–Kier alpha value is -3.19. The number of hydrogen-bond donors (Lipinski definition) is 1. The van der Waals surface area contributed by atoms with Gasteiger partial charge in [0.15, 0.2) is 6.61 Å². The van der Waals surface area contributed by atoms with Crippen molar-refractivity contribution in [1.29, 1.82) is 0 Å². The van der Waals surface area contributed by atoms with Gasteiger partial charge in [0.1, 0.15) is 5.75 Å². The number of fused-ring (bicyclic) bond motifs is 1. The van der Waals surface area contributed by atoms with Crippen LogP contribution in [0.4, 0.5) is 5.69 Å². The van der Waals surface area contributed by atoms with E-state index in [0.717, 1.165) is 24.0 Å². The van der Waals surface area contributed by atoms with E-state index in [9.17, 15) is 14.4 Å². The molecule has 0 saturated carbocycles. The fraction of sp³-hybridized carbons (Fsp3) is 0.348. The van der Waals surface area contributed by atoms with Gasteiger partial charge < -0.3 is 14.8 Å². The minimum absolute atomic E-state index is 0.103. The first-order valence-corrected chi connectivity index (χ1v) is 10.0. The van der Waals surface area contributed by atoms with Crippen LogP contribution in [0.1, 0.15) is 44.7 Å². The summed E-state index contributed by atoms with van der Waals surface area (Å²) in [7, 11) is 0. The molecule has 1 N–H and O–H groups in total. The van der Waals surface area contributed by atoms with Crippen LogP contribution in [0, 0.1) is 13.8 Å². The highest BCUT2D eigenvalue weighted by molar-refractivity contribution is 6.21. The zero-order valence-corrected chi connectivity index (χ0v) is 17.1. The number of aryl methyl sites for hydroxylation is 1. The molecule has 30 heavy (non-hydrogen) atoms. The summed E-state index contributed by atoms with van der Waals surface area (Å²) in [5.41, 5.74) is 3.16. The monoisotopic (exact) mass is 408 g/mol. The lowest BCUT2D eigenvalue weighted by Gasteiger charge is -2.17. The van der Waals surface area contributed by atoms with Gasteiger partial charge in [-0.3, -0.25) is 19.3 Å². The lowest BCUT2D eigenvalue weighted by Crippen LogP contribution is -2.36. The van der Waals surface area contributed by atoms with E-state index in [2.05, 4.69) is 5.32 Å². The van der Waals surface area contributed by atoms with Crippen LogP contribution in [-0.4, -0.2) is 48.5 Å². The zero-order chi connectivity index (χ0) is 21.3. The lowest BCUT2D eigenvalue weighted by molar-refractivity contribution is -0.118. The van der Waals surface area contributed by atoms with Gasteiger partial charge in [-0.15, -0.1) is 0 Å². The van der Waals surface area contributed by atoms with Crippen molar-refractivity contribution in [1.82, 2.24) is 4.90 Å². The van der Waals surface area contributed by atoms with Gasteiger partial charge in [-0.2, -0.15) is 0 Å². The number of nitrogens with zero attached hydrogens (tertiary/aromatic N) is 1. The average Bonchev–Trinajstić information content (AvgIpc) is 3.32. The van der Waals surface area contributed by atoms with Gasteiger partial charge in [-0.25, -0.2) is 0 Å². The smallest absolute Gasteiger partial charge is 0.262 e. The number of carbonyl (C=O) groups is 3. The van der Waals surface area contributed by atoms with E-state index >= 15 is 0 Å². The maximum Gasteiger partial charge on any atom is 0.262 e. The van der Waals surface area contributed by atoms with Crippen LogP contribution >= 0.6 is 0 Å².